The van der Waals surface area contributed by atoms with Gasteiger partial charge in [0.2, 0.25) is 0 Å². The van der Waals surface area contributed by atoms with Gasteiger partial charge in [-0.25, -0.2) is 0 Å². The number of benzene rings is 1. The largest absolute Gasteiger partial charge is 0.497 e. The van der Waals surface area contributed by atoms with Crippen molar-refractivity contribution in [2.24, 2.45) is 17.3 Å². The zero-order valence-electron chi connectivity index (χ0n) is 13.6. The van der Waals surface area contributed by atoms with E-state index in [0.717, 1.165) is 25.0 Å². The van der Waals surface area contributed by atoms with Crippen LogP contribution in [0.1, 0.15) is 49.7 Å². The molecule has 118 valence electrons. The van der Waals surface area contributed by atoms with E-state index in [4.69, 9.17) is 4.74 Å². The first-order chi connectivity index (χ1) is 10.7. The van der Waals surface area contributed by atoms with Crippen molar-refractivity contribution in [2.45, 2.75) is 51.0 Å². The second-order valence-electron chi connectivity index (χ2n) is 7.35. The van der Waals surface area contributed by atoms with E-state index in [-0.39, 0.29) is 11.5 Å². The number of aliphatic hydroxyl groups excluding tert-OH is 1. The van der Waals surface area contributed by atoms with Crippen LogP contribution in [-0.4, -0.2) is 18.3 Å². The number of ether oxygens (including phenoxy) is 1. The quantitative estimate of drug-likeness (QED) is 0.834. The fraction of sp³-hybridized carbons (Fsp3) is 0.600. The van der Waals surface area contributed by atoms with Crippen LogP contribution in [0.4, 0.5) is 0 Å². The van der Waals surface area contributed by atoms with Crippen molar-refractivity contribution < 1.29 is 9.84 Å². The van der Waals surface area contributed by atoms with Crippen molar-refractivity contribution in [1.29, 1.82) is 0 Å². The number of rotatable bonds is 2. The first-order valence-electron chi connectivity index (χ1n) is 8.73. The molecule has 3 aliphatic rings. The molecule has 4 rings (SSSR count). The maximum absolute atomic E-state index is 10.5. The molecule has 0 radical (unpaired) electrons. The molecule has 22 heavy (non-hydrogen) atoms. The summed E-state index contributed by atoms with van der Waals surface area (Å²) in [4.78, 5) is 0. The molecule has 0 amide bonds. The fourth-order valence-corrected chi connectivity index (χ4v) is 5.58. The summed E-state index contributed by atoms with van der Waals surface area (Å²) in [7, 11) is 1.74. The van der Waals surface area contributed by atoms with Crippen LogP contribution in [0.15, 0.2) is 30.4 Å². The van der Waals surface area contributed by atoms with Crippen LogP contribution in [0.2, 0.25) is 0 Å². The first-order valence-corrected chi connectivity index (χ1v) is 8.73. The van der Waals surface area contributed by atoms with E-state index in [1.54, 1.807) is 7.11 Å². The summed E-state index contributed by atoms with van der Waals surface area (Å²) >= 11 is 0. The molecular formula is C20H26O2. The van der Waals surface area contributed by atoms with Gasteiger partial charge in [-0.15, -0.1) is 0 Å². The molecule has 5 atom stereocenters. The Balaban J connectivity index is 1.70. The number of aliphatic hydroxyl groups is 1. The standard InChI is InChI=1S/C20H26O2/c1-3-20-11-10-16-15-7-5-14(22-2)12-13(15)4-6-17(16)18(20)8-9-19(20)21/h5,7-9,12,16-19,21H,3-4,6,10-11H2,1-2H3/t16-,17-,18+,19+,20+/m1/s1. The minimum atomic E-state index is -0.235. The van der Waals surface area contributed by atoms with Gasteiger partial charge in [0.1, 0.15) is 5.75 Å². The molecule has 1 aromatic rings. The topological polar surface area (TPSA) is 29.5 Å². The summed E-state index contributed by atoms with van der Waals surface area (Å²) in [6, 6.07) is 6.63. The van der Waals surface area contributed by atoms with Crippen molar-refractivity contribution in [3.63, 3.8) is 0 Å². The van der Waals surface area contributed by atoms with Crippen LogP contribution in [0.25, 0.3) is 0 Å². The normalized spacial score (nSPS) is 39.0. The SMILES string of the molecule is CC[C@]12CC[C@@H]3c4ccc(OC)cc4CC[C@H]3[C@@H]1C=C[C@@H]2O. The zero-order valence-corrected chi connectivity index (χ0v) is 13.6. The number of aryl methyl sites for hydroxylation is 1. The highest BCUT2D eigenvalue weighted by molar-refractivity contribution is 5.41. The Labute approximate surface area is 133 Å². The Morgan fingerprint density at radius 2 is 2.14 bits per heavy atom. The van der Waals surface area contributed by atoms with Crippen LogP contribution < -0.4 is 4.74 Å². The van der Waals surface area contributed by atoms with E-state index < -0.39 is 0 Å². The van der Waals surface area contributed by atoms with Crippen molar-refractivity contribution in [1.82, 2.24) is 0 Å². The minimum Gasteiger partial charge on any atom is -0.497 e. The number of hydrogen-bond acceptors (Lipinski definition) is 2. The Kier molecular flexibility index (Phi) is 3.34. The van der Waals surface area contributed by atoms with Crippen LogP contribution in [0.5, 0.6) is 5.75 Å². The molecular weight excluding hydrogens is 272 g/mol. The summed E-state index contributed by atoms with van der Waals surface area (Å²) in [6.07, 6.45) is 10.0. The average molecular weight is 298 g/mol. The smallest absolute Gasteiger partial charge is 0.119 e. The molecule has 3 aliphatic carbocycles. The third-order valence-electron chi connectivity index (χ3n) is 6.81. The van der Waals surface area contributed by atoms with E-state index in [9.17, 15) is 5.11 Å². The summed E-state index contributed by atoms with van der Waals surface area (Å²) in [6.45, 7) is 2.26. The molecule has 0 aliphatic heterocycles. The van der Waals surface area contributed by atoms with Gasteiger partial charge in [0, 0.05) is 5.41 Å². The van der Waals surface area contributed by atoms with Gasteiger partial charge in [0.25, 0.3) is 0 Å². The Morgan fingerprint density at radius 1 is 1.27 bits per heavy atom. The number of hydrogen-bond donors (Lipinski definition) is 1. The Bertz CT molecular complexity index is 606. The first kappa shape index (κ1) is 14.3. The third kappa shape index (κ3) is 1.83. The van der Waals surface area contributed by atoms with Gasteiger partial charge in [0.15, 0.2) is 0 Å². The molecule has 1 saturated carbocycles. The minimum absolute atomic E-state index is 0.116. The maximum atomic E-state index is 10.5. The van der Waals surface area contributed by atoms with Gasteiger partial charge < -0.3 is 9.84 Å². The number of allylic oxidation sites excluding steroid dienone is 1. The second-order valence-corrected chi connectivity index (χ2v) is 7.35. The van der Waals surface area contributed by atoms with Crippen molar-refractivity contribution >= 4 is 0 Å². The van der Waals surface area contributed by atoms with Crippen LogP contribution in [0, 0.1) is 17.3 Å². The van der Waals surface area contributed by atoms with Crippen molar-refractivity contribution in [3.05, 3.63) is 41.5 Å². The number of fused-ring (bicyclic) bond motifs is 5. The zero-order chi connectivity index (χ0) is 15.3. The molecule has 2 nitrogen and oxygen atoms in total. The molecule has 0 unspecified atom stereocenters. The molecule has 1 aromatic carbocycles. The van der Waals surface area contributed by atoms with Crippen molar-refractivity contribution in [2.75, 3.05) is 7.11 Å². The van der Waals surface area contributed by atoms with Crippen LogP contribution in [0.3, 0.4) is 0 Å². The van der Waals surface area contributed by atoms with Crippen LogP contribution in [-0.2, 0) is 6.42 Å². The lowest BCUT2D eigenvalue weighted by Gasteiger charge is -2.51. The predicted molar refractivity (Wildman–Crippen MR) is 88.1 cm³/mol. The van der Waals surface area contributed by atoms with Crippen molar-refractivity contribution in [3.8, 4) is 5.75 Å². The van der Waals surface area contributed by atoms with E-state index in [1.807, 2.05) is 0 Å². The molecule has 0 heterocycles. The van der Waals surface area contributed by atoms with E-state index >= 15 is 0 Å². The maximum Gasteiger partial charge on any atom is 0.119 e. The van der Waals surface area contributed by atoms with Gasteiger partial charge in [-0.3, -0.25) is 0 Å². The Hall–Kier alpha value is -1.28. The summed E-state index contributed by atoms with van der Waals surface area (Å²) in [5.74, 6) is 2.89. The molecule has 1 fully saturated rings. The van der Waals surface area contributed by atoms with E-state index in [2.05, 4.69) is 37.3 Å². The second kappa shape index (κ2) is 5.13. The molecule has 0 aromatic heterocycles. The highest BCUT2D eigenvalue weighted by Gasteiger charge is 2.53. The lowest BCUT2D eigenvalue weighted by Crippen LogP contribution is -2.46. The molecule has 0 saturated heterocycles. The van der Waals surface area contributed by atoms with Gasteiger partial charge in [-0.2, -0.15) is 0 Å². The van der Waals surface area contributed by atoms with E-state index in [0.29, 0.717) is 17.8 Å². The lowest BCUT2D eigenvalue weighted by molar-refractivity contribution is -0.0273. The summed E-state index contributed by atoms with van der Waals surface area (Å²) in [5.41, 5.74) is 3.13. The molecule has 1 N–H and O–H groups in total. The fourth-order valence-electron chi connectivity index (χ4n) is 5.58. The molecule has 2 heteroatoms. The number of methoxy groups -OCH3 is 1. The highest BCUT2D eigenvalue weighted by atomic mass is 16.5. The highest BCUT2D eigenvalue weighted by Crippen LogP contribution is 2.60. The lowest BCUT2D eigenvalue weighted by atomic mass is 9.54. The Morgan fingerprint density at radius 3 is 2.91 bits per heavy atom. The third-order valence-corrected chi connectivity index (χ3v) is 6.81. The summed E-state index contributed by atoms with van der Waals surface area (Å²) in [5, 5.41) is 10.5. The van der Waals surface area contributed by atoms with E-state index in [1.165, 1.54) is 24.0 Å². The predicted octanol–water partition coefficient (Wildman–Crippen LogP) is 4.08. The van der Waals surface area contributed by atoms with Gasteiger partial charge >= 0.3 is 0 Å². The van der Waals surface area contributed by atoms with Gasteiger partial charge in [-0.05, 0) is 73.1 Å². The molecule has 0 bridgehead atoms. The molecule has 0 spiro atoms. The monoisotopic (exact) mass is 298 g/mol. The van der Waals surface area contributed by atoms with Gasteiger partial charge in [0.05, 0.1) is 13.2 Å². The average Bonchev–Trinajstić information content (AvgIpc) is 2.91. The van der Waals surface area contributed by atoms with Crippen LogP contribution >= 0.6 is 0 Å². The van der Waals surface area contributed by atoms with Gasteiger partial charge in [-0.1, -0.05) is 25.1 Å². The summed E-state index contributed by atoms with van der Waals surface area (Å²) < 4.78 is 5.39.